The number of carbonyl (C=O) groups excluding carboxylic acids is 1. The van der Waals surface area contributed by atoms with Crippen LogP contribution in [0.5, 0.6) is 0 Å². The molecule has 0 aliphatic carbocycles. The number of hydrogen-bond acceptors (Lipinski definition) is 5. The third-order valence-corrected chi connectivity index (χ3v) is 5.72. The molecule has 1 aliphatic rings. The van der Waals surface area contributed by atoms with Crippen LogP contribution in [0.3, 0.4) is 0 Å². The standard InChI is InChI=1S/C23H21FN6O2/c1-14(31)29-10-9-20(18-8-7-16(24)11-15(18)13-29)26-23-27-21-19(22(32)28-23)12-25-30(21)17-5-3-2-4-6-17/h2-8,11-12,20H,9-10,13H2,1H3,(H2,26,27,28,32). The van der Waals surface area contributed by atoms with Crippen molar-refractivity contribution in [3.8, 4) is 5.69 Å². The fraction of sp³-hybridized carbons (Fsp3) is 0.217. The number of benzene rings is 2. The van der Waals surface area contributed by atoms with E-state index in [0.717, 1.165) is 16.8 Å². The molecule has 5 rings (SSSR count). The van der Waals surface area contributed by atoms with Gasteiger partial charge in [0, 0.05) is 20.0 Å². The molecule has 0 spiro atoms. The van der Waals surface area contributed by atoms with Gasteiger partial charge in [-0.1, -0.05) is 24.3 Å². The Morgan fingerprint density at radius 2 is 2.03 bits per heavy atom. The molecule has 4 aromatic rings. The first-order chi connectivity index (χ1) is 15.5. The lowest BCUT2D eigenvalue weighted by Crippen LogP contribution is -2.28. The molecule has 8 nitrogen and oxygen atoms in total. The van der Waals surface area contributed by atoms with Gasteiger partial charge in [-0.15, -0.1) is 0 Å². The molecule has 32 heavy (non-hydrogen) atoms. The van der Waals surface area contributed by atoms with Crippen LogP contribution in [0.4, 0.5) is 10.3 Å². The van der Waals surface area contributed by atoms with E-state index >= 15 is 0 Å². The number of halogens is 1. The summed E-state index contributed by atoms with van der Waals surface area (Å²) in [4.78, 5) is 33.8. The van der Waals surface area contributed by atoms with E-state index in [4.69, 9.17) is 0 Å². The van der Waals surface area contributed by atoms with Crippen molar-refractivity contribution in [1.29, 1.82) is 0 Å². The molecule has 2 N–H and O–H groups in total. The number of aromatic amines is 1. The molecule has 0 radical (unpaired) electrons. The predicted octanol–water partition coefficient (Wildman–Crippen LogP) is 3.15. The van der Waals surface area contributed by atoms with Crippen LogP contribution in [0.15, 0.2) is 59.5 Å². The number of fused-ring (bicyclic) bond motifs is 2. The smallest absolute Gasteiger partial charge is 0.263 e. The zero-order chi connectivity index (χ0) is 22.2. The van der Waals surface area contributed by atoms with Crippen molar-refractivity contribution in [3.05, 3.63) is 82.0 Å². The number of nitrogens with one attached hydrogen (secondary N) is 2. The van der Waals surface area contributed by atoms with Crippen LogP contribution in [0, 0.1) is 5.82 Å². The zero-order valence-electron chi connectivity index (χ0n) is 17.4. The van der Waals surface area contributed by atoms with Crippen LogP contribution >= 0.6 is 0 Å². The summed E-state index contributed by atoms with van der Waals surface area (Å²) in [5.41, 5.74) is 2.51. The molecule has 0 fully saturated rings. The predicted molar refractivity (Wildman–Crippen MR) is 118 cm³/mol. The topological polar surface area (TPSA) is 95.9 Å². The highest BCUT2D eigenvalue weighted by atomic mass is 19.1. The van der Waals surface area contributed by atoms with E-state index in [1.807, 2.05) is 30.3 Å². The van der Waals surface area contributed by atoms with Gasteiger partial charge >= 0.3 is 0 Å². The van der Waals surface area contributed by atoms with Crippen LogP contribution in [0.25, 0.3) is 16.7 Å². The molecule has 162 valence electrons. The first-order valence-corrected chi connectivity index (χ1v) is 10.3. The van der Waals surface area contributed by atoms with Gasteiger partial charge in [0.05, 0.1) is 17.9 Å². The maximum absolute atomic E-state index is 13.9. The minimum absolute atomic E-state index is 0.0689. The average Bonchev–Trinajstić information content (AvgIpc) is 3.12. The summed E-state index contributed by atoms with van der Waals surface area (Å²) < 4.78 is 15.5. The largest absolute Gasteiger partial charge is 0.349 e. The average molecular weight is 432 g/mol. The molecule has 1 unspecified atom stereocenters. The summed E-state index contributed by atoms with van der Waals surface area (Å²) >= 11 is 0. The Kier molecular flexibility index (Phi) is 4.93. The Balaban J connectivity index is 1.54. The van der Waals surface area contributed by atoms with Gasteiger partial charge in [-0.2, -0.15) is 10.1 Å². The summed E-state index contributed by atoms with van der Waals surface area (Å²) in [6.07, 6.45) is 2.07. The van der Waals surface area contributed by atoms with Crippen LogP contribution < -0.4 is 10.9 Å². The summed E-state index contributed by atoms with van der Waals surface area (Å²) in [5.74, 6) is -0.134. The van der Waals surface area contributed by atoms with Gasteiger partial charge < -0.3 is 10.2 Å². The van der Waals surface area contributed by atoms with Gasteiger partial charge in [-0.3, -0.25) is 14.6 Å². The summed E-state index contributed by atoms with van der Waals surface area (Å²) in [6, 6.07) is 13.8. The molecular formula is C23H21FN6O2. The normalized spacial score (nSPS) is 15.9. The van der Waals surface area contributed by atoms with Crippen LogP contribution in [-0.2, 0) is 11.3 Å². The Labute approximate surface area is 182 Å². The van der Waals surface area contributed by atoms with Crippen molar-refractivity contribution in [2.75, 3.05) is 11.9 Å². The Bertz CT molecular complexity index is 1360. The minimum Gasteiger partial charge on any atom is -0.349 e. The highest BCUT2D eigenvalue weighted by Crippen LogP contribution is 2.30. The number of anilines is 1. The highest BCUT2D eigenvalue weighted by molar-refractivity contribution is 5.76. The second-order valence-corrected chi connectivity index (χ2v) is 7.81. The van der Waals surface area contributed by atoms with E-state index in [9.17, 15) is 14.0 Å². The van der Waals surface area contributed by atoms with Gasteiger partial charge in [0.2, 0.25) is 11.9 Å². The van der Waals surface area contributed by atoms with E-state index in [1.54, 1.807) is 15.6 Å². The van der Waals surface area contributed by atoms with E-state index < -0.39 is 0 Å². The number of H-pyrrole nitrogens is 1. The first-order valence-electron chi connectivity index (χ1n) is 10.3. The van der Waals surface area contributed by atoms with Crippen LogP contribution in [0.2, 0.25) is 0 Å². The Hall–Kier alpha value is -4.01. The van der Waals surface area contributed by atoms with Crippen molar-refractivity contribution < 1.29 is 9.18 Å². The maximum atomic E-state index is 13.9. The lowest BCUT2D eigenvalue weighted by Gasteiger charge is -2.20. The van der Waals surface area contributed by atoms with Gasteiger partial charge in [0.15, 0.2) is 5.65 Å². The molecule has 2 aromatic carbocycles. The monoisotopic (exact) mass is 432 g/mol. The van der Waals surface area contributed by atoms with Gasteiger partial charge in [-0.05, 0) is 41.8 Å². The SMILES string of the molecule is CC(=O)N1CCC(Nc2nc3c(cnn3-c3ccccc3)c(=O)[nH]2)c2ccc(F)cc2C1. The lowest BCUT2D eigenvalue weighted by atomic mass is 9.99. The molecule has 9 heteroatoms. The number of aromatic nitrogens is 4. The summed E-state index contributed by atoms with van der Waals surface area (Å²) in [6.45, 7) is 2.34. The molecule has 0 bridgehead atoms. The third kappa shape index (κ3) is 3.62. The number of para-hydroxylation sites is 1. The number of carbonyl (C=O) groups is 1. The van der Waals surface area contributed by atoms with Crippen LogP contribution in [0.1, 0.15) is 30.5 Å². The molecule has 0 saturated heterocycles. The second-order valence-electron chi connectivity index (χ2n) is 7.81. The van der Waals surface area contributed by atoms with Gasteiger partial charge in [0.1, 0.15) is 11.2 Å². The van der Waals surface area contributed by atoms with Crippen molar-refractivity contribution in [2.24, 2.45) is 0 Å². The van der Waals surface area contributed by atoms with Gasteiger partial charge in [0.25, 0.3) is 5.56 Å². The minimum atomic E-state index is -0.354. The molecular weight excluding hydrogens is 411 g/mol. The Morgan fingerprint density at radius 3 is 2.81 bits per heavy atom. The lowest BCUT2D eigenvalue weighted by molar-refractivity contribution is -0.129. The van der Waals surface area contributed by atoms with Crippen molar-refractivity contribution in [3.63, 3.8) is 0 Å². The van der Waals surface area contributed by atoms with E-state index in [0.29, 0.717) is 30.5 Å². The number of nitrogens with zero attached hydrogens (tertiary/aromatic N) is 4. The molecule has 0 saturated carbocycles. The first kappa shape index (κ1) is 19.9. The second kappa shape index (κ2) is 7.92. The molecule has 3 heterocycles. The van der Waals surface area contributed by atoms with E-state index in [2.05, 4.69) is 20.4 Å². The molecule has 1 aliphatic heterocycles. The van der Waals surface area contributed by atoms with Crippen molar-refractivity contribution >= 4 is 22.9 Å². The molecule has 1 atom stereocenters. The highest BCUT2D eigenvalue weighted by Gasteiger charge is 2.25. The van der Waals surface area contributed by atoms with Crippen molar-refractivity contribution in [1.82, 2.24) is 24.6 Å². The molecule has 1 amide bonds. The van der Waals surface area contributed by atoms with Crippen molar-refractivity contribution in [2.45, 2.75) is 25.9 Å². The maximum Gasteiger partial charge on any atom is 0.263 e. The third-order valence-electron chi connectivity index (χ3n) is 5.72. The number of amides is 1. The quantitative estimate of drug-likeness (QED) is 0.519. The fourth-order valence-electron chi connectivity index (χ4n) is 4.11. The Morgan fingerprint density at radius 1 is 1.22 bits per heavy atom. The fourth-order valence-corrected chi connectivity index (χ4v) is 4.11. The zero-order valence-corrected chi connectivity index (χ0v) is 17.4. The van der Waals surface area contributed by atoms with E-state index in [-0.39, 0.29) is 29.3 Å². The van der Waals surface area contributed by atoms with Gasteiger partial charge in [-0.25, -0.2) is 9.07 Å². The van der Waals surface area contributed by atoms with E-state index in [1.165, 1.54) is 25.3 Å². The summed E-state index contributed by atoms with van der Waals surface area (Å²) in [5, 5.41) is 7.99. The van der Waals surface area contributed by atoms with Crippen LogP contribution in [-0.4, -0.2) is 37.1 Å². The number of hydrogen-bond donors (Lipinski definition) is 2. The number of rotatable bonds is 3. The summed E-state index contributed by atoms with van der Waals surface area (Å²) in [7, 11) is 0. The molecule has 2 aromatic heterocycles.